The molecule has 0 heterocycles. The minimum absolute atomic E-state index is 0.120. The standard InChI is InChI=1S/C20H22N2O2/c1-22(17-10-6-3-7-11-17)19(24)20(13-14-20)18(23)21-15-12-16-8-4-2-5-9-16/h2-11H,12-15H2,1H3,(H,21,23). The summed E-state index contributed by atoms with van der Waals surface area (Å²) in [5, 5.41) is 2.93. The fourth-order valence-electron chi connectivity index (χ4n) is 2.89. The lowest BCUT2D eigenvalue weighted by Crippen LogP contribution is -2.44. The molecule has 0 saturated heterocycles. The number of nitrogens with one attached hydrogen (secondary N) is 1. The Kier molecular flexibility index (Phi) is 4.65. The van der Waals surface area contributed by atoms with E-state index in [0.717, 1.165) is 12.1 Å². The van der Waals surface area contributed by atoms with Gasteiger partial charge in [-0.1, -0.05) is 48.5 Å². The Morgan fingerprint density at radius 1 is 1.00 bits per heavy atom. The summed E-state index contributed by atoms with van der Waals surface area (Å²) < 4.78 is 0. The third-order valence-electron chi connectivity index (χ3n) is 4.58. The van der Waals surface area contributed by atoms with Gasteiger partial charge in [-0.05, 0) is 37.0 Å². The number of hydrogen-bond acceptors (Lipinski definition) is 2. The molecule has 0 aliphatic heterocycles. The second-order valence-corrected chi connectivity index (χ2v) is 6.27. The molecule has 2 aromatic rings. The Morgan fingerprint density at radius 2 is 1.58 bits per heavy atom. The number of benzene rings is 2. The van der Waals surface area contributed by atoms with E-state index in [1.807, 2.05) is 60.7 Å². The van der Waals surface area contributed by atoms with Crippen LogP contribution in [0.5, 0.6) is 0 Å². The number of carbonyl (C=O) groups is 2. The van der Waals surface area contributed by atoms with Crippen molar-refractivity contribution in [2.75, 3.05) is 18.5 Å². The Morgan fingerprint density at radius 3 is 2.17 bits per heavy atom. The van der Waals surface area contributed by atoms with Crippen LogP contribution in [0.3, 0.4) is 0 Å². The predicted octanol–water partition coefficient (Wildman–Crippen LogP) is 2.79. The normalized spacial score (nSPS) is 14.7. The SMILES string of the molecule is CN(C(=O)C1(C(=O)NCCc2ccccc2)CC1)c1ccccc1. The van der Waals surface area contributed by atoms with Gasteiger partial charge in [-0.3, -0.25) is 9.59 Å². The van der Waals surface area contributed by atoms with Crippen molar-refractivity contribution in [2.24, 2.45) is 5.41 Å². The van der Waals surface area contributed by atoms with Gasteiger partial charge < -0.3 is 10.2 Å². The van der Waals surface area contributed by atoms with Crippen LogP contribution in [0.15, 0.2) is 60.7 Å². The van der Waals surface area contributed by atoms with Crippen LogP contribution < -0.4 is 10.2 Å². The first-order valence-corrected chi connectivity index (χ1v) is 8.29. The van der Waals surface area contributed by atoms with E-state index >= 15 is 0 Å². The average Bonchev–Trinajstić information content (AvgIpc) is 3.44. The maximum absolute atomic E-state index is 12.8. The van der Waals surface area contributed by atoms with Crippen LogP contribution in [-0.4, -0.2) is 25.4 Å². The lowest BCUT2D eigenvalue weighted by atomic mass is 10.0. The summed E-state index contributed by atoms with van der Waals surface area (Å²) in [4.78, 5) is 26.9. The summed E-state index contributed by atoms with van der Waals surface area (Å²) in [7, 11) is 1.73. The summed E-state index contributed by atoms with van der Waals surface area (Å²) in [5.74, 6) is -0.267. The van der Waals surface area contributed by atoms with Gasteiger partial charge >= 0.3 is 0 Å². The van der Waals surface area contributed by atoms with E-state index in [1.54, 1.807) is 11.9 Å². The van der Waals surface area contributed by atoms with Crippen molar-refractivity contribution in [3.63, 3.8) is 0 Å². The number of para-hydroxylation sites is 1. The molecule has 0 aromatic heterocycles. The highest BCUT2D eigenvalue weighted by atomic mass is 16.2. The number of amides is 2. The number of nitrogens with zero attached hydrogens (tertiary/aromatic N) is 1. The van der Waals surface area contributed by atoms with Crippen LogP contribution >= 0.6 is 0 Å². The number of anilines is 1. The summed E-state index contributed by atoms with van der Waals surface area (Å²) in [5.41, 5.74) is 1.11. The van der Waals surface area contributed by atoms with Gasteiger partial charge in [-0.15, -0.1) is 0 Å². The Hall–Kier alpha value is -2.62. The van der Waals surface area contributed by atoms with Crippen molar-refractivity contribution in [1.29, 1.82) is 0 Å². The zero-order chi connectivity index (χ0) is 17.0. The lowest BCUT2D eigenvalue weighted by Gasteiger charge is -2.23. The zero-order valence-electron chi connectivity index (χ0n) is 13.9. The fourth-order valence-corrected chi connectivity index (χ4v) is 2.89. The van der Waals surface area contributed by atoms with E-state index < -0.39 is 5.41 Å². The van der Waals surface area contributed by atoms with Crippen molar-refractivity contribution in [3.8, 4) is 0 Å². The number of rotatable bonds is 6. The van der Waals surface area contributed by atoms with Crippen LogP contribution in [0.25, 0.3) is 0 Å². The van der Waals surface area contributed by atoms with Crippen molar-refractivity contribution in [2.45, 2.75) is 19.3 Å². The molecule has 2 aromatic carbocycles. The molecule has 3 rings (SSSR count). The van der Waals surface area contributed by atoms with Gasteiger partial charge in [0.2, 0.25) is 11.8 Å². The molecular weight excluding hydrogens is 300 g/mol. The van der Waals surface area contributed by atoms with E-state index in [9.17, 15) is 9.59 Å². The van der Waals surface area contributed by atoms with Gasteiger partial charge in [0.25, 0.3) is 0 Å². The Bertz CT molecular complexity index is 709. The molecule has 2 amide bonds. The van der Waals surface area contributed by atoms with Gasteiger partial charge in [0.05, 0.1) is 0 Å². The highest BCUT2D eigenvalue weighted by molar-refractivity contribution is 6.13. The van der Waals surface area contributed by atoms with E-state index in [0.29, 0.717) is 19.4 Å². The molecule has 0 unspecified atom stereocenters. The summed E-state index contributed by atoms with van der Waals surface area (Å²) in [6, 6.07) is 19.4. The molecule has 0 bridgehead atoms. The second-order valence-electron chi connectivity index (χ2n) is 6.27. The maximum Gasteiger partial charge on any atom is 0.242 e. The first-order chi connectivity index (χ1) is 11.6. The van der Waals surface area contributed by atoms with Gasteiger partial charge in [0.1, 0.15) is 5.41 Å². The molecule has 0 spiro atoms. The molecule has 4 heteroatoms. The highest BCUT2D eigenvalue weighted by Crippen LogP contribution is 2.47. The Labute approximate surface area is 142 Å². The minimum atomic E-state index is -0.874. The first kappa shape index (κ1) is 16.2. The molecule has 1 N–H and O–H groups in total. The second kappa shape index (κ2) is 6.87. The quantitative estimate of drug-likeness (QED) is 0.832. The van der Waals surface area contributed by atoms with Crippen molar-refractivity contribution < 1.29 is 9.59 Å². The number of hydrogen-bond donors (Lipinski definition) is 1. The van der Waals surface area contributed by atoms with E-state index in [1.165, 1.54) is 5.56 Å². The van der Waals surface area contributed by atoms with Crippen LogP contribution in [-0.2, 0) is 16.0 Å². The van der Waals surface area contributed by atoms with E-state index in [2.05, 4.69) is 5.32 Å². The zero-order valence-corrected chi connectivity index (χ0v) is 13.9. The third kappa shape index (κ3) is 3.32. The first-order valence-electron chi connectivity index (χ1n) is 8.29. The third-order valence-corrected chi connectivity index (χ3v) is 4.58. The maximum atomic E-state index is 12.8. The highest BCUT2D eigenvalue weighted by Gasteiger charge is 2.57. The van der Waals surface area contributed by atoms with Gasteiger partial charge in [0.15, 0.2) is 0 Å². The largest absolute Gasteiger partial charge is 0.355 e. The monoisotopic (exact) mass is 322 g/mol. The summed E-state index contributed by atoms with van der Waals surface area (Å²) >= 11 is 0. The van der Waals surface area contributed by atoms with Crippen LogP contribution in [0.4, 0.5) is 5.69 Å². The minimum Gasteiger partial charge on any atom is -0.355 e. The molecule has 1 aliphatic carbocycles. The Balaban J connectivity index is 1.58. The lowest BCUT2D eigenvalue weighted by molar-refractivity contribution is -0.135. The molecule has 1 saturated carbocycles. The number of carbonyl (C=O) groups excluding carboxylic acids is 2. The van der Waals surface area contributed by atoms with Crippen molar-refractivity contribution >= 4 is 17.5 Å². The van der Waals surface area contributed by atoms with Gasteiger partial charge in [-0.2, -0.15) is 0 Å². The molecule has 1 aliphatic rings. The van der Waals surface area contributed by atoms with Crippen LogP contribution in [0, 0.1) is 5.41 Å². The predicted molar refractivity (Wildman–Crippen MR) is 94.7 cm³/mol. The summed E-state index contributed by atoms with van der Waals surface area (Å²) in [6.45, 7) is 0.549. The van der Waals surface area contributed by atoms with Crippen LogP contribution in [0.2, 0.25) is 0 Å². The van der Waals surface area contributed by atoms with Crippen LogP contribution in [0.1, 0.15) is 18.4 Å². The average molecular weight is 322 g/mol. The molecule has 0 atom stereocenters. The fraction of sp³-hybridized carbons (Fsp3) is 0.300. The topological polar surface area (TPSA) is 49.4 Å². The smallest absolute Gasteiger partial charge is 0.242 e. The van der Waals surface area contributed by atoms with Gasteiger partial charge in [0, 0.05) is 19.3 Å². The molecular formula is C20H22N2O2. The van der Waals surface area contributed by atoms with Crippen molar-refractivity contribution in [3.05, 3.63) is 66.2 Å². The van der Waals surface area contributed by atoms with Gasteiger partial charge in [-0.25, -0.2) is 0 Å². The molecule has 24 heavy (non-hydrogen) atoms. The van der Waals surface area contributed by atoms with Crippen molar-refractivity contribution in [1.82, 2.24) is 5.32 Å². The molecule has 0 radical (unpaired) electrons. The summed E-state index contributed by atoms with van der Waals surface area (Å²) in [6.07, 6.45) is 2.02. The van der Waals surface area contributed by atoms with E-state index in [-0.39, 0.29) is 11.8 Å². The molecule has 1 fully saturated rings. The van der Waals surface area contributed by atoms with E-state index in [4.69, 9.17) is 0 Å². The molecule has 124 valence electrons. The molecule has 4 nitrogen and oxygen atoms in total.